The molecule has 3 heteroatoms. The second-order valence-corrected chi connectivity index (χ2v) is 3.69. The number of rotatable bonds is 4. The van der Waals surface area contributed by atoms with Crippen LogP contribution in [-0.2, 0) is 0 Å². The highest BCUT2D eigenvalue weighted by Gasteiger charge is 2.16. The maximum atomic E-state index is 13.0. The highest BCUT2D eigenvalue weighted by atomic mass is 19.1. The molecule has 1 atom stereocenters. The first-order valence-electron chi connectivity index (χ1n) is 5.04. The average Bonchev–Trinajstić information content (AvgIpc) is 2.15. The fourth-order valence-corrected chi connectivity index (χ4v) is 1.48. The smallest absolute Gasteiger partial charge is 0.191 e. The Morgan fingerprint density at radius 3 is 2.67 bits per heavy atom. The second-order valence-electron chi connectivity index (χ2n) is 3.69. The van der Waals surface area contributed by atoms with Gasteiger partial charge in [0, 0.05) is 5.56 Å². The van der Waals surface area contributed by atoms with Crippen LogP contribution in [0.4, 0.5) is 4.39 Å². The molecule has 0 aliphatic rings. The average molecular weight is 210 g/mol. The highest BCUT2D eigenvalue weighted by Crippen LogP contribution is 2.12. The Morgan fingerprint density at radius 1 is 1.47 bits per heavy atom. The molecule has 0 saturated carbocycles. The van der Waals surface area contributed by atoms with Gasteiger partial charge in [0.15, 0.2) is 5.78 Å². The largest absolute Gasteiger partial charge is 0.385 e. The molecule has 0 radical (unpaired) electrons. The van der Waals surface area contributed by atoms with Gasteiger partial charge in [-0.25, -0.2) is 4.39 Å². The lowest BCUT2D eigenvalue weighted by atomic mass is 10.0. The summed E-state index contributed by atoms with van der Waals surface area (Å²) in [6.45, 7) is 3.60. The summed E-state index contributed by atoms with van der Waals surface area (Å²) in [6, 6.07) is 4.10. The number of hydrogen-bond donors (Lipinski definition) is 1. The molecule has 0 saturated heterocycles. The summed E-state index contributed by atoms with van der Waals surface area (Å²) in [7, 11) is 0. The van der Waals surface area contributed by atoms with Crippen LogP contribution in [0.3, 0.4) is 0 Å². The minimum Gasteiger partial charge on any atom is -0.385 e. The number of ketones is 1. The van der Waals surface area contributed by atoms with Gasteiger partial charge in [-0.15, -0.1) is 0 Å². The second kappa shape index (κ2) is 5.03. The Kier molecular flexibility index (Phi) is 3.97. The van der Waals surface area contributed by atoms with Gasteiger partial charge in [0.05, 0.1) is 0 Å². The molecule has 0 aliphatic heterocycles. The van der Waals surface area contributed by atoms with E-state index >= 15 is 0 Å². The molecule has 1 unspecified atom stereocenters. The third kappa shape index (κ3) is 3.13. The molecule has 0 amide bonds. The number of aliphatic hydroxyl groups is 1. The van der Waals surface area contributed by atoms with E-state index in [1.807, 2.05) is 6.92 Å². The number of benzene rings is 1. The number of aliphatic hydroxyl groups excluding tert-OH is 1. The van der Waals surface area contributed by atoms with Gasteiger partial charge >= 0.3 is 0 Å². The van der Waals surface area contributed by atoms with Gasteiger partial charge < -0.3 is 5.11 Å². The summed E-state index contributed by atoms with van der Waals surface area (Å²) < 4.78 is 13.0. The molecule has 0 aliphatic carbocycles. The molecular formula is C12H15FO2. The van der Waals surface area contributed by atoms with Crippen LogP contribution in [-0.4, -0.2) is 17.0 Å². The van der Waals surface area contributed by atoms with E-state index in [4.69, 9.17) is 0 Å². The van der Waals surface area contributed by atoms with Crippen molar-refractivity contribution in [2.24, 2.45) is 0 Å². The lowest BCUT2D eigenvalue weighted by molar-refractivity contribution is 0.0729. The van der Waals surface area contributed by atoms with E-state index in [2.05, 4.69) is 0 Å². The molecule has 1 rings (SSSR count). The molecule has 0 spiro atoms. The van der Waals surface area contributed by atoms with Crippen molar-refractivity contribution in [3.05, 3.63) is 35.1 Å². The molecule has 0 heterocycles. The molecule has 82 valence electrons. The van der Waals surface area contributed by atoms with Crippen molar-refractivity contribution in [1.29, 1.82) is 0 Å². The topological polar surface area (TPSA) is 37.3 Å². The molecule has 0 bridgehead atoms. The van der Waals surface area contributed by atoms with Crippen molar-refractivity contribution < 1.29 is 14.3 Å². The Morgan fingerprint density at radius 2 is 2.13 bits per heavy atom. The van der Waals surface area contributed by atoms with Crippen LogP contribution >= 0.6 is 0 Å². The van der Waals surface area contributed by atoms with E-state index in [0.717, 1.165) is 12.5 Å². The van der Waals surface area contributed by atoms with Crippen molar-refractivity contribution in [3.63, 3.8) is 0 Å². The van der Waals surface area contributed by atoms with E-state index in [0.29, 0.717) is 12.0 Å². The zero-order chi connectivity index (χ0) is 11.4. The van der Waals surface area contributed by atoms with Gasteiger partial charge in [-0.1, -0.05) is 13.3 Å². The number of aryl methyl sites for hydroxylation is 1. The molecule has 0 aromatic heterocycles. The number of carbonyl (C=O) groups is 1. The van der Waals surface area contributed by atoms with Crippen LogP contribution in [0.1, 0.15) is 35.7 Å². The lowest BCUT2D eigenvalue weighted by Gasteiger charge is -2.08. The maximum absolute atomic E-state index is 13.0. The normalized spacial score (nSPS) is 12.5. The first kappa shape index (κ1) is 11.9. The Bertz CT molecular complexity index is 340. The van der Waals surface area contributed by atoms with Crippen molar-refractivity contribution >= 4 is 5.78 Å². The number of hydrogen-bond acceptors (Lipinski definition) is 2. The predicted octanol–water partition coefficient (Wildman–Crippen LogP) is 2.48. The van der Waals surface area contributed by atoms with Gasteiger partial charge in [-0.05, 0) is 37.1 Å². The van der Waals surface area contributed by atoms with Crippen molar-refractivity contribution in [3.8, 4) is 0 Å². The van der Waals surface area contributed by atoms with Gasteiger partial charge in [0.25, 0.3) is 0 Å². The van der Waals surface area contributed by atoms with Gasteiger partial charge in [0.2, 0.25) is 0 Å². The third-order valence-electron chi connectivity index (χ3n) is 2.19. The van der Waals surface area contributed by atoms with Gasteiger partial charge in [-0.3, -0.25) is 4.79 Å². The van der Waals surface area contributed by atoms with E-state index in [-0.39, 0.29) is 5.56 Å². The maximum Gasteiger partial charge on any atom is 0.191 e. The first-order valence-corrected chi connectivity index (χ1v) is 5.04. The third-order valence-corrected chi connectivity index (χ3v) is 2.19. The molecule has 15 heavy (non-hydrogen) atoms. The van der Waals surface area contributed by atoms with E-state index < -0.39 is 17.7 Å². The summed E-state index contributed by atoms with van der Waals surface area (Å²) in [4.78, 5) is 11.6. The van der Waals surface area contributed by atoms with Crippen LogP contribution in [0.2, 0.25) is 0 Å². The Labute approximate surface area is 88.7 Å². The molecule has 2 nitrogen and oxygen atoms in total. The van der Waals surface area contributed by atoms with E-state index in [9.17, 15) is 14.3 Å². The Balaban J connectivity index is 2.90. The van der Waals surface area contributed by atoms with Crippen LogP contribution < -0.4 is 0 Å². The Hall–Kier alpha value is -1.22. The molecule has 1 aromatic carbocycles. The highest BCUT2D eigenvalue weighted by molar-refractivity contribution is 5.99. The summed E-state index contributed by atoms with van der Waals surface area (Å²) in [5, 5.41) is 9.48. The van der Waals surface area contributed by atoms with Gasteiger partial charge in [-0.2, -0.15) is 0 Å². The number of halogens is 1. The summed E-state index contributed by atoms with van der Waals surface area (Å²) in [5.74, 6) is -0.846. The molecule has 1 aromatic rings. The minimum absolute atomic E-state index is 0.244. The fraction of sp³-hybridized carbons (Fsp3) is 0.417. The van der Waals surface area contributed by atoms with Crippen LogP contribution in [0.5, 0.6) is 0 Å². The minimum atomic E-state index is -1.02. The standard InChI is InChI=1S/C12H15FO2/c1-3-4-11(14)12(15)9-5-8(2)6-10(13)7-9/h5-7,11,14H,3-4H2,1-2H3. The van der Waals surface area contributed by atoms with Crippen molar-refractivity contribution in [2.45, 2.75) is 32.8 Å². The summed E-state index contributed by atoms with van der Waals surface area (Å²) >= 11 is 0. The number of Topliss-reactive ketones (excluding diaryl/α,β-unsaturated/α-hetero) is 1. The SMILES string of the molecule is CCCC(O)C(=O)c1cc(C)cc(F)c1. The first-order chi connectivity index (χ1) is 7.04. The fourth-order valence-electron chi connectivity index (χ4n) is 1.48. The quantitative estimate of drug-likeness (QED) is 0.775. The van der Waals surface area contributed by atoms with Crippen LogP contribution in [0.25, 0.3) is 0 Å². The summed E-state index contributed by atoms with van der Waals surface area (Å²) in [6.07, 6.45) is 0.117. The van der Waals surface area contributed by atoms with Crippen molar-refractivity contribution in [2.75, 3.05) is 0 Å². The number of carbonyl (C=O) groups excluding carboxylic acids is 1. The van der Waals surface area contributed by atoms with Gasteiger partial charge in [0.1, 0.15) is 11.9 Å². The zero-order valence-corrected chi connectivity index (χ0v) is 8.96. The van der Waals surface area contributed by atoms with Crippen LogP contribution in [0.15, 0.2) is 18.2 Å². The predicted molar refractivity (Wildman–Crippen MR) is 56.4 cm³/mol. The van der Waals surface area contributed by atoms with Crippen LogP contribution in [0, 0.1) is 12.7 Å². The molecular weight excluding hydrogens is 195 g/mol. The zero-order valence-electron chi connectivity index (χ0n) is 8.96. The van der Waals surface area contributed by atoms with E-state index in [1.54, 1.807) is 13.0 Å². The van der Waals surface area contributed by atoms with E-state index in [1.165, 1.54) is 6.07 Å². The summed E-state index contributed by atoms with van der Waals surface area (Å²) in [5.41, 5.74) is 0.926. The van der Waals surface area contributed by atoms with Crippen molar-refractivity contribution in [1.82, 2.24) is 0 Å². The molecule has 0 fully saturated rings. The lowest BCUT2D eigenvalue weighted by Crippen LogP contribution is -2.20. The monoisotopic (exact) mass is 210 g/mol. The molecule has 1 N–H and O–H groups in total.